The third kappa shape index (κ3) is 6.27. The van der Waals surface area contributed by atoms with E-state index in [4.69, 9.17) is 0 Å². The molecule has 65 heavy (non-hydrogen) atoms. The highest BCUT2D eigenvalue weighted by Crippen LogP contribution is 2.77. The van der Waals surface area contributed by atoms with Crippen molar-refractivity contribution < 1.29 is 66.8 Å². The molecule has 17 heteroatoms. The molecule has 0 saturated heterocycles. The minimum absolute atomic E-state index is 0.0473. The van der Waals surface area contributed by atoms with Crippen LogP contribution in [-0.2, 0) is 28.8 Å². The highest BCUT2D eigenvalue weighted by atomic mass is 33.5. The number of halogens is 4. The smallest absolute Gasteiger partial charge is 0.303 e. The zero-order valence-corrected chi connectivity index (χ0v) is 39.7. The summed E-state index contributed by atoms with van der Waals surface area (Å²) in [6, 6.07) is 0. The zero-order valence-electron chi connectivity index (χ0n) is 37.3. The van der Waals surface area contributed by atoms with Crippen molar-refractivity contribution in [1.82, 2.24) is 0 Å². The first-order valence-electron chi connectivity index (χ1n) is 22.6. The number of carbonyl (C=O) groups is 6. The second kappa shape index (κ2) is 15.9. The number of fused-ring (bicyclic) bond motifs is 10. The van der Waals surface area contributed by atoms with E-state index in [1.165, 1.54) is 38.2 Å². The molecule has 0 aromatic heterocycles. The number of rotatable bonds is 10. The Hall–Kier alpha value is -2.73. The van der Waals surface area contributed by atoms with E-state index < -0.39 is 150 Å². The number of aliphatic hydroxyl groups excluding tert-OH is 2. The maximum Gasteiger partial charge on any atom is 0.303 e. The zero-order chi connectivity index (χ0) is 47.8. The molecule has 8 rings (SSSR count). The largest absolute Gasteiger partial charge is 0.481 e. The molecule has 1 unspecified atom stereocenters. The average Bonchev–Trinajstić information content (AvgIpc) is 3.58. The summed E-state index contributed by atoms with van der Waals surface area (Å²) in [7, 11) is 2.22. The molecule has 18 atom stereocenters. The highest BCUT2D eigenvalue weighted by molar-refractivity contribution is 9.14. The van der Waals surface area contributed by atoms with Crippen molar-refractivity contribution in [1.29, 1.82) is 0 Å². The Morgan fingerprint density at radius 2 is 0.985 bits per heavy atom. The summed E-state index contributed by atoms with van der Waals surface area (Å²) in [5, 5.41) is 42.9. The van der Waals surface area contributed by atoms with Gasteiger partial charge in [-0.3, -0.25) is 28.8 Å². The molecule has 6 saturated carbocycles. The van der Waals surface area contributed by atoms with E-state index in [0.717, 1.165) is 22.0 Å². The number of hydrogen-bond donors (Lipinski definition) is 4. The van der Waals surface area contributed by atoms with E-state index in [-0.39, 0.29) is 62.5 Å². The van der Waals surface area contributed by atoms with Crippen molar-refractivity contribution in [3.05, 3.63) is 47.6 Å². The van der Waals surface area contributed by atoms with Gasteiger partial charge in [-0.15, -0.1) is 0 Å². The van der Waals surface area contributed by atoms with E-state index in [2.05, 4.69) is 0 Å². The summed E-state index contributed by atoms with van der Waals surface area (Å²) in [4.78, 5) is 79.3. The van der Waals surface area contributed by atoms with Gasteiger partial charge < -0.3 is 20.4 Å². The fraction of sp³-hybridized carbons (Fsp3) is 0.708. The molecule has 0 bridgehead atoms. The van der Waals surface area contributed by atoms with E-state index in [1.807, 2.05) is 0 Å². The maximum atomic E-state index is 18.0. The van der Waals surface area contributed by atoms with Crippen LogP contribution in [0.4, 0.5) is 17.6 Å². The van der Waals surface area contributed by atoms with Crippen LogP contribution in [0.25, 0.3) is 0 Å². The highest BCUT2D eigenvalue weighted by Gasteiger charge is 2.78. The Morgan fingerprint density at radius 1 is 0.631 bits per heavy atom. The Balaban J connectivity index is 1.09. The maximum absolute atomic E-state index is 18.0. The van der Waals surface area contributed by atoms with Crippen molar-refractivity contribution in [2.45, 2.75) is 142 Å². The topological polar surface area (TPSA) is 183 Å². The number of carbonyl (C=O) groups excluding carboxylic acids is 4. The molecule has 0 aromatic carbocycles. The van der Waals surface area contributed by atoms with Crippen molar-refractivity contribution >= 4 is 65.1 Å². The van der Waals surface area contributed by atoms with Crippen molar-refractivity contribution in [2.24, 2.45) is 68.0 Å². The molecule has 6 fully saturated rings. The van der Waals surface area contributed by atoms with E-state index >= 15 is 27.2 Å². The van der Waals surface area contributed by atoms with Crippen LogP contribution in [0, 0.1) is 68.0 Å². The predicted molar refractivity (Wildman–Crippen MR) is 238 cm³/mol. The minimum Gasteiger partial charge on any atom is -0.481 e. The van der Waals surface area contributed by atoms with Gasteiger partial charge in [-0.05, 0) is 167 Å². The molecule has 0 heterocycles. The number of alkyl halides is 4. The average molecular weight is 967 g/mol. The molecule has 356 valence electrons. The van der Waals surface area contributed by atoms with Crippen LogP contribution in [-0.4, -0.2) is 90.1 Å². The molecule has 0 spiro atoms. The van der Waals surface area contributed by atoms with Gasteiger partial charge in [-0.25, -0.2) is 17.6 Å². The van der Waals surface area contributed by atoms with Gasteiger partial charge in [0.15, 0.2) is 22.9 Å². The van der Waals surface area contributed by atoms with Crippen LogP contribution in [0.1, 0.15) is 106 Å². The molecule has 0 aliphatic heterocycles. The Kier molecular flexibility index (Phi) is 11.9. The lowest BCUT2D eigenvalue weighted by Gasteiger charge is -2.63. The number of aliphatic hydroxyl groups is 2. The molecule has 4 N–H and O–H groups in total. The van der Waals surface area contributed by atoms with Crippen LogP contribution in [0.3, 0.4) is 0 Å². The molecule has 0 radical (unpaired) electrons. The summed E-state index contributed by atoms with van der Waals surface area (Å²) >= 11 is 0. The number of aliphatic carboxylic acids is 2. The number of hydrogen-bond acceptors (Lipinski definition) is 11. The number of carboxylic acid groups (broad SMARTS) is 2. The van der Waals surface area contributed by atoms with Crippen LogP contribution in [0.15, 0.2) is 47.6 Å². The lowest BCUT2D eigenvalue weighted by molar-refractivity contribution is -0.211. The van der Waals surface area contributed by atoms with Gasteiger partial charge in [-0.2, -0.15) is 0 Å². The lowest BCUT2D eigenvalue weighted by Crippen LogP contribution is -2.69. The Morgan fingerprint density at radius 3 is 1.32 bits per heavy atom. The number of ketones is 2. The number of allylic oxidation sites excluding steroid dienone is 8. The Labute approximate surface area is 387 Å². The normalized spacial score (nSPS) is 49.4. The summed E-state index contributed by atoms with van der Waals surface area (Å²) in [6.45, 7) is 9.98. The van der Waals surface area contributed by atoms with Gasteiger partial charge in [0, 0.05) is 46.3 Å². The van der Waals surface area contributed by atoms with E-state index in [9.17, 15) is 39.6 Å². The van der Waals surface area contributed by atoms with Gasteiger partial charge in [-0.1, -0.05) is 39.8 Å². The second-order valence-corrected chi connectivity index (χ2v) is 25.4. The lowest BCUT2D eigenvalue weighted by atomic mass is 9.43. The third-order valence-electron chi connectivity index (χ3n) is 19.4. The second-order valence-electron chi connectivity index (χ2n) is 21.5. The van der Waals surface area contributed by atoms with Crippen molar-refractivity contribution in [3.8, 4) is 0 Å². The fourth-order valence-corrected chi connectivity index (χ4v) is 20.6. The SMILES string of the molecule is C[C@@H]1C[C@H]2[C@@H]3C[C@H](F)C4=CC(=O)C=C[C@]4(C)[C@@]3(F)[C@@H](O)C[C@]2(C)[C@]1(CCC(=O)O)C(=O)SSSC(=O)[C@@]1(CCC(=O)O)[C@@H](C)CC2[C@@H]3C[C@@H](F)C4=CC(=O)C=C[C@]4(C)[C@]3(F)[C@H](O)C[C@@]21C. The summed E-state index contributed by atoms with van der Waals surface area (Å²) in [5.74, 6) is -8.11. The molecule has 0 aromatic rings. The molecular weight excluding hydrogens is 909 g/mol. The first-order valence-corrected chi connectivity index (χ1v) is 26.1. The van der Waals surface area contributed by atoms with Crippen LogP contribution in [0.2, 0.25) is 0 Å². The van der Waals surface area contributed by atoms with Gasteiger partial charge in [0.05, 0.1) is 12.2 Å². The summed E-state index contributed by atoms with van der Waals surface area (Å²) in [5.41, 5.74) is -13.7. The first kappa shape index (κ1) is 48.7. The van der Waals surface area contributed by atoms with E-state index in [1.54, 1.807) is 27.7 Å². The monoisotopic (exact) mass is 966 g/mol. The van der Waals surface area contributed by atoms with Crippen molar-refractivity contribution in [3.63, 3.8) is 0 Å². The van der Waals surface area contributed by atoms with Crippen LogP contribution < -0.4 is 0 Å². The van der Waals surface area contributed by atoms with Crippen LogP contribution in [0.5, 0.6) is 0 Å². The van der Waals surface area contributed by atoms with E-state index in [0.29, 0.717) is 21.6 Å². The van der Waals surface area contributed by atoms with Crippen molar-refractivity contribution in [2.75, 3.05) is 0 Å². The molecule has 0 amide bonds. The molecular formula is C48H58F4O10S3. The Bertz CT molecular complexity index is 2100. The molecule has 8 aliphatic carbocycles. The standard InChI is InChI=1S/C48H58F4O10S3/c1-23-15-27-29-19-33(49)31-17-25(53)7-11-41(31,3)47(29,51)35(55)21-43(27,5)45(23,13-9-37(57)58)39(61)63-65-64-40(62)46(14-10-38(59)60)24(2)16-28-30-20-34(50)32-18-26(54)8-12-42(32,4)48(30,52)36(56)22-44(28,46)6/h7-8,11-12,17-18,23-24,27-30,33-36,55-56H,9-10,13-16,19-22H2,1-6H3,(H,57,58)(H,59,60)/t23-,24+,27+,28?,29+,30+,33+,34-,35+,36-,41+,42+,43+,44+,45+,46-,47+,48-/m1/s1. The first-order chi connectivity index (χ1) is 30.2. The summed E-state index contributed by atoms with van der Waals surface area (Å²) in [6.07, 6.45) is -1.79. The predicted octanol–water partition coefficient (Wildman–Crippen LogP) is 8.90. The quantitative estimate of drug-likeness (QED) is 0.120. The molecule has 8 aliphatic rings. The van der Waals surface area contributed by atoms with Gasteiger partial charge >= 0.3 is 11.9 Å². The molecule has 10 nitrogen and oxygen atoms in total. The number of carboxylic acids is 2. The summed E-state index contributed by atoms with van der Waals surface area (Å²) < 4.78 is 68.4. The fourth-order valence-electron chi connectivity index (χ4n) is 16.3. The van der Waals surface area contributed by atoms with Gasteiger partial charge in [0.25, 0.3) is 0 Å². The van der Waals surface area contributed by atoms with Gasteiger partial charge in [0.1, 0.15) is 12.3 Å². The van der Waals surface area contributed by atoms with Crippen LogP contribution >= 0.6 is 31.4 Å². The minimum atomic E-state index is -2.42. The van der Waals surface area contributed by atoms with Gasteiger partial charge in [0.2, 0.25) is 10.2 Å². The third-order valence-corrected chi connectivity index (χ3v) is 23.1.